The fourth-order valence-corrected chi connectivity index (χ4v) is 7.25. The molecule has 0 saturated heterocycles. The molecule has 6 aromatic rings. The number of hydrogen-bond acceptors (Lipinski definition) is 3. The van der Waals surface area contributed by atoms with E-state index in [1.807, 2.05) is 13.8 Å². The van der Waals surface area contributed by atoms with Crippen LogP contribution in [0.15, 0.2) is 121 Å². The summed E-state index contributed by atoms with van der Waals surface area (Å²) in [5, 5.41) is 11.9. The highest BCUT2D eigenvalue weighted by atomic mass is 16.5. The lowest BCUT2D eigenvalue weighted by molar-refractivity contribution is -0.0893. The molecule has 214 valence electrons. The lowest BCUT2D eigenvalue weighted by atomic mass is 9.68. The monoisotopic (exact) mass is 571 g/mol. The molecule has 1 aromatic heterocycles. The smallest absolute Gasteiger partial charge is 0.309 e. The Morgan fingerprint density at radius 1 is 0.659 bits per heavy atom. The van der Waals surface area contributed by atoms with Crippen LogP contribution >= 0.6 is 0 Å². The molecular formula is C40H34BNO2. The summed E-state index contributed by atoms with van der Waals surface area (Å²) >= 11 is 0. The summed E-state index contributed by atoms with van der Waals surface area (Å²) in [7, 11) is 0.400. The summed E-state index contributed by atoms with van der Waals surface area (Å²) in [5.74, 6) is 0. The first-order valence-corrected chi connectivity index (χ1v) is 15.4. The fraction of sp³-hybridized carbons (Fsp3) is 0.175. The predicted octanol–water partition coefficient (Wildman–Crippen LogP) is 7.79. The molecule has 0 saturated carbocycles. The number of aromatic nitrogens is 1. The van der Waals surface area contributed by atoms with Gasteiger partial charge in [0.2, 0.25) is 0 Å². The van der Waals surface area contributed by atoms with Crippen molar-refractivity contribution in [2.75, 3.05) is 0 Å². The van der Waals surface area contributed by atoms with Gasteiger partial charge in [0.1, 0.15) is 0 Å². The number of rotatable bonds is 5. The molecule has 1 spiro atoms. The number of aliphatic hydroxyl groups is 1. The molecule has 0 radical (unpaired) electrons. The standard InChI is InChI=1S/C40H34BNO2/c1-38(2,43)39(3,4)44-41-26-22-23-28-27-16-8-11-19-31(27)40(33(28)24-26)32-20-12-9-17-29(32)35-36(40)30-18-10-13-21-34(30)42-37(35)25-14-6-5-7-15-25/h5-24,41,43H,1-4H3. The Hall–Kier alpha value is -4.51. The highest BCUT2D eigenvalue weighted by Gasteiger charge is 2.53. The molecule has 1 heterocycles. The zero-order valence-corrected chi connectivity index (χ0v) is 25.6. The van der Waals surface area contributed by atoms with Crippen LogP contribution in [0.1, 0.15) is 49.9 Å². The van der Waals surface area contributed by atoms with Crippen molar-refractivity contribution in [3.63, 3.8) is 0 Å². The van der Waals surface area contributed by atoms with Gasteiger partial charge in [0, 0.05) is 16.5 Å². The molecule has 8 rings (SSSR count). The molecule has 0 bridgehead atoms. The van der Waals surface area contributed by atoms with Gasteiger partial charge in [-0.05, 0) is 72.7 Å². The van der Waals surface area contributed by atoms with Crippen molar-refractivity contribution in [3.8, 4) is 33.5 Å². The first kappa shape index (κ1) is 27.1. The molecule has 44 heavy (non-hydrogen) atoms. The van der Waals surface area contributed by atoms with Crippen LogP contribution in [0.4, 0.5) is 0 Å². The first-order valence-electron chi connectivity index (χ1n) is 15.4. The van der Waals surface area contributed by atoms with Crippen molar-refractivity contribution in [1.82, 2.24) is 4.98 Å². The van der Waals surface area contributed by atoms with Crippen LogP contribution in [0, 0.1) is 0 Å². The minimum atomic E-state index is -0.982. The Morgan fingerprint density at radius 3 is 2.02 bits per heavy atom. The van der Waals surface area contributed by atoms with Crippen LogP contribution in [-0.2, 0) is 10.1 Å². The zero-order chi connectivity index (χ0) is 30.3. The lowest BCUT2D eigenvalue weighted by Crippen LogP contribution is -2.49. The number of pyridine rings is 1. The van der Waals surface area contributed by atoms with Crippen molar-refractivity contribution in [2.45, 2.75) is 44.3 Å². The van der Waals surface area contributed by atoms with E-state index in [0.29, 0.717) is 7.48 Å². The largest absolute Gasteiger partial charge is 0.427 e. The minimum absolute atomic E-state index is 0.400. The SMILES string of the molecule is CC(C)(O)C(C)(C)OBc1ccc2c(c1)C1(c3ccccc3-2)c2ccccc2-c2c(-c3ccccc3)nc3ccccc3c21. The summed E-state index contributed by atoms with van der Waals surface area (Å²) in [6.07, 6.45) is 0. The Morgan fingerprint density at radius 2 is 1.27 bits per heavy atom. The van der Waals surface area contributed by atoms with Crippen LogP contribution in [0.5, 0.6) is 0 Å². The highest BCUT2D eigenvalue weighted by Crippen LogP contribution is 2.64. The molecule has 1 atom stereocenters. The van der Waals surface area contributed by atoms with Crippen LogP contribution in [0.2, 0.25) is 0 Å². The molecule has 1 N–H and O–H groups in total. The summed E-state index contributed by atoms with van der Waals surface area (Å²) in [5.41, 5.74) is 12.1. The van der Waals surface area contributed by atoms with Crippen molar-refractivity contribution in [1.29, 1.82) is 0 Å². The van der Waals surface area contributed by atoms with E-state index >= 15 is 0 Å². The maximum absolute atomic E-state index is 10.8. The Labute approximate surface area is 259 Å². The van der Waals surface area contributed by atoms with Crippen molar-refractivity contribution in [3.05, 3.63) is 144 Å². The second-order valence-electron chi connectivity index (χ2n) is 13.2. The second-order valence-corrected chi connectivity index (χ2v) is 13.2. The molecule has 2 aliphatic rings. The number of fused-ring (bicyclic) bond motifs is 12. The van der Waals surface area contributed by atoms with E-state index in [0.717, 1.165) is 22.2 Å². The Bertz CT molecular complexity index is 2090. The second kappa shape index (κ2) is 9.50. The fourth-order valence-electron chi connectivity index (χ4n) is 7.25. The van der Waals surface area contributed by atoms with Crippen LogP contribution < -0.4 is 5.46 Å². The van der Waals surface area contributed by atoms with Crippen molar-refractivity contribution >= 4 is 23.8 Å². The van der Waals surface area contributed by atoms with E-state index in [9.17, 15) is 5.11 Å². The predicted molar refractivity (Wildman–Crippen MR) is 182 cm³/mol. The van der Waals surface area contributed by atoms with Gasteiger partial charge < -0.3 is 9.76 Å². The summed E-state index contributed by atoms with van der Waals surface area (Å²) < 4.78 is 6.39. The van der Waals surface area contributed by atoms with Crippen LogP contribution in [0.25, 0.3) is 44.4 Å². The summed E-state index contributed by atoms with van der Waals surface area (Å²) in [4.78, 5) is 5.34. The number of nitrogens with zero attached hydrogens (tertiary/aromatic N) is 1. The Balaban J connectivity index is 1.47. The van der Waals surface area contributed by atoms with Gasteiger partial charge in [-0.1, -0.05) is 121 Å². The van der Waals surface area contributed by atoms with E-state index in [2.05, 4.69) is 121 Å². The third kappa shape index (κ3) is 3.68. The van der Waals surface area contributed by atoms with Gasteiger partial charge >= 0.3 is 7.48 Å². The van der Waals surface area contributed by atoms with Gasteiger partial charge in [-0.15, -0.1) is 0 Å². The summed E-state index contributed by atoms with van der Waals surface area (Å²) in [6.45, 7) is 7.51. The molecular weight excluding hydrogens is 537 g/mol. The summed E-state index contributed by atoms with van der Waals surface area (Å²) in [6, 6.07) is 43.8. The maximum Gasteiger partial charge on any atom is 0.309 e. The van der Waals surface area contributed by atoms with E-state index in [1.54, 1.807) is 13.8 Å². The number of benzene rings is 5. The molecule has 4 heteroatoms. The van der Waals surface area contributed by atoms with Crippen LogP contribution in [-0.4, -0.2) is 28.8 Å². The average Bonchev–Trinajstić information content (AvgIpc) is 3.51. The highest BCUT2D eigenvalue weighted by molar-refractivity contribution is 6.47. The Kier molecular flexibility index (Phi) is 5.84. The van der Waals surface area contributed by atoms with Gasteiger partial charge in [-0.3, -0.25) is 0 Å². The normalized spacial score (nSPS) is 16.5. The molecule has 0 aliphatic heterocycles. The van der Waals surface area contributed by atoms with Gasteiger partial charge in [0.15, 0.2) is 0 Å². The van der Waals surface area contributed by atoms with E-state index in [4.69, 9.17) is 9.64 Å². The lowest BCUT2D eigenvalue weighted by Gasteiger charge is -2.37. The van der Waals surface area contributed by atoms with Gasteiger partial charge in [0.25, 0.3) is 0 Å². The quantitative estimate of drug-likeness (QED) is 0.215. The third-order valence-corrected chi connectivity index (χ3v) is 10.1. The van der Waals surface area contributed by atoms with Gasteiger partial charge in [0.05, 0.1) is 27.8 Å². The van der Waals surface area contributed by atoms with Crippen LogP contribution in [0.3, 0.4) is 0 Å². The van der Waals surface area contributed by atoms with E-state index in [-0.39, 0.29) is 0 Å². The minimum Gasteiger partial charge on any atom is -0.427 e. The maximum atomic E-state index is 10.8. The molecule has 0 amide bonds. The molecule has 3 nitrogen and oxygen atoms in total. The van der Waals surface area contributed by atoms with E-state index < -0.39 is 16.6 Å². The molecule has 0 fully saturated rings. The number of hydrogen-bond donors (Lipinski definition) is 1. The third-order valence-electron chi connectivity index (χ3n) is 10.1. The molecule has 1 unspecified atom stereocenters. The first-order chi connectivity index (χ1) is 21.2. The zero-order valence-electron chi connectivity index (χ0n) is 25.6. The van der Waals surface area contributed by atoms with Crippen molar-refractivity contribution in [2.24, 2.45) is 0 Å². The number of para-hydroxylation sites is 1. The van der Waals surface area contributed by atoms with Gasteiger partial charge in [-0.25, -0.2) is 4.98 Å². The molecule has 2 aliphatic carbocycles. The van der Waals surface area contributed by atoms with E-state index in [1.165, 1.54) is 49.9 Å². The average molecular weight is 572 g/mol. The van der Waals surface area contributed by atoms with Crippen molar-refractivity contribution < 1.29 is 9.76 Å². The molecule has 5 aromatic carbocycles. The van der Waals surface area contributed by atoms with Gasteiger partial charge in [-0.2, -0.15) is 0 Å². The topological polar surface area (TPSA) is 42.4 Å².